The Morgan fingerprint density at radius 2 is 1.33 bits per heavy atom. The van der Waals surface area contributed by atoms with Gasteiger partial charge in [0.2, 0.25) is 0 Å². The Morgan fingerprint density at radius 3 is 1.33 bits per heavy atom. The number of aliphatic hydroxyl groups is 1. The molecule has 0 amide bonds. The van der Waals surface area contributed by atoms with Gasteiger partial charge in [0.25, 0.3) is 0 Å². The van der Waals surface area contributed by atoms with E-state index in [1.807, 2.05) is 6.92 Å². The van der Waals surface area contributed by atoms with E-state index in [9.17, 15) is 0 Å². The smallest absolute Gasteiger partial charge is 2.00 e. The van der Waals surface area contributed by atoms with E-state index >= 15 is 0 Å². The van der Waals surface area contributed by atoms with Crippen LogP contribution in [0.2, 0.25) is 0 Å². The van der Waals surface area contributed by atoms with Gasteiger partial charge in [0.15, 0.2) is 0 Å². The van der Waals surface area contributed by atoms with E-state index in [1.165, 1.54) is 0 Å². The van der Waals surface area contributed by atoms with Crippen molar-refractivity contribution in [1.29, 1.82) is 0 Å². The number of hydrogen-bond acceptors (Lipinski definition) is 1. The molecule has 0 aliphatic rings. The van der Waals surface area contributed by atoms with Crippen molar-refractivity contribution in [3.8, 4) is 0 Å². The van der Waals surface area contributed by atoms with Crippen LogP contribution < -0.4 is 0 Å². The van der Waals surface area contributed by atoms with E-state index in [0.29, 0.717) is 15.1 Å². The summed E-state index contributed by atoms with van der Waals surface area (Å²) < 4.78 is 0. The molecule has 0 spiro atoms. The minimum Gasteiger partial charge on any atom is 2.00 e. The third-order valence-corrected chi connectivity index (χ3v) is 3.94. The third-order valence-electron chi connectivity index (χ3n) is 1.63. The van der Waals surface area contributed by atoms with Crippen molar-refractivity contribution >= 4 is 55.1 Å². The molecule has 0 saturated heterocycles. The predicted octanol–water partition coefficient (Wildman–Crippen LogP) is 5.13. The van der Waals surface area contributed by atoms with E-state index in [1.54, 1.807) is 0 Å². The predicted molar refractivity (Wildman–Crippen MR) is 106 cm³/mol. The summed E-state index contributed by atoms with van der Waals surface area (Å²) in [5.74, 6) is 0. The van der Waals surface area contributed by atoms with Gasteiger partial charge in [-0.25, -0.2) is 0 Å². The standard InChI is InChI=1S/C6H15OP.C4H11P.CH3.2HI.Ni.V/c1-5(7)6(2)8(3)4;1-5(2,3)4;;;;;/h5-7H,1-4H3;1H2,2-4H3;1H3;2*1H;;/q;;-1;;;2*+2/p-1. The molecule has 1 nitrogen and oxygen atoms in total. The maximum Gasteiger partial charge on any atom is 2.00 e. The van der Waals surface area contributed by atoms with Gasteiger partial charge in [-0.05, 0) is 13.8 Å². The van der Waals surface area contributed by atoms with Crippen LogP contribution in [0.25, 0.3) is 0 Å². The summed E-state index contributed by atoms with van der Waals surface area (Å²) in [4.78, 5) is 0. The van der Waals surface area contributed by atoms with Crippen molar-refractivity contribution in [3.05, 3.63) is 14.1 Å². The Labute approximate surface area is 157 Å². The molecular weight excluding hydrogens is 574 g/mol. The number of aliphatic hydroxyl groups excluding tert-OH is 1. The molecule has 18 heavy (non-hydrogen) atoms. The van der Waals surface area contributed by atoms with Crippen LogP contribution in [0.1, 0.15) is 13.8 Å². The molecule has 0 aromatic carbocycles. The molecule has 2 atom stereocenters. The van der Waals surface area contributed by atoms with Gasteiger partial charge in [0.1, 0.15) is 0 Å². The van der Waals surface area contributed by atoms with Gasteiger partial charge in [0, 0.05) is 41.2 Å². The summed E-state index contributed by atoms with van der Waals surface area (Å²) in [7, 11) is -0.273. The molecule has 0 aromatic rings. The van der Waals surface area contributed by atoms with Crippen LogP contribution in [-0.4, -0.2) is 50.2 Å². The van der Waals surface area contributed by atoms with Crippen LogP contribution in [0.15, 0.2) is 0 Å². The van der Waals surface area contributed by atoms with Gasteiger partial charge in [0.05, 0.1) is 11.8 Å². The van der Waals surface area contributed by atoms with Crippen LogP contribution in [0.3, 0.4) is 0 Å². The summed E-state index contributed by atoms with van der Waals surface area (Å²) in [6.45, 7) is 18.9. The average molecular weight is 604 g/mol. The normalized spacial score (nSPS) is 12.4. The van der Waals surface area contributed by atoms with Crippen LogP contribution in [-0.2, 0) is 26.0 Å². The van der Waals surface area contributed by atoms with Gasteiger partial charge in [-0.15, -0.1) is 7.26 Å². The fraction of sp³-hybridized carbons (Fsp3) is 0.818. The molecule has 0 aromatic heterocycles. The SMILES string of the molecule is CC(O)C(C)[PH+](C)C.[CH2-][P+](C)(C)C.[CH3-].[I][V][I].[Ni+2]. The van der Waals surface area contributed by atoms with Gasteiger partial charge in [-0.3, -0.25) is 0 Å². The van der Waals surface area contributed by atoms with Crippen LogP contribution in [0.4, 0.5) is 0 Å². The van der Waals surface area contributed by atoms with E-state index in [0.717, 1.165) is 0 Å². The summed E-state index contributed by atoms with van der Waals surface area (Å²) in [6.07, 6.45) is -0.112. The van der Waals surface area contributed by atoms with Crippen molar-refractivity contribution in [2.24, 2.45) is 0 Å². The Hall–Kier alpha value is 3.36. The van der Waals surface area contributed by atoms with Gasteiger partial charge >= 0.3 is 65.9 Å². The van der Waals surface area contributed by atoms with E-state index in [-0.39, 0.29) is 37.9 Å². The van der Waals surface area contributed by atoms with Crippen molar-refractivity contribution in [3.63, 3.8) is 0 Å². The van der Waals surface area contributed by atoms with Crippen molar-refractivity contribution in [2.45, 2.75) is 25.6 Å². The Kier molecular flexibility index (Phi) is 37.4. The van der Waals surface area contributed by atoms with Crippen molar-refractivity contribution < 1.29 is 31.1 Å². The second kappa shape index (κ2) is 20.4. The molecule has 0 bridgehead atoms. The minimum atomic E-state index is -0.639. The van der Waals surface area contributed by atoms with Gasteiger partial charge < -0.3 is 12.5 Å². The monoisotopic (exact) mass is 603 g/mol. The van der Waals surface area contributed by atoms with Crippen LogP contribution in [0.5, 0.6) is 0 Å². The van der Waals surface area contributed by atoms with E-state index < -0.39 is 7.26 Å². The number of halogens is 2. The van der Waals surface area contributed by atoms with E-state index in [4.69, 9.17) is 5.11 Å². The first kappa shape index (κ1) is 33.1. The maximum absolute atomic E-state index is 9.02. The van der Waals surface area contributed by atoms with Crippen LogP contribution >= 0.6 is 55.1 Å². The maximum atomic E-state index is 9.02. The Morgan fingerprint density at radius 1 is 1.17 bits per heavy atom. The zero-order chi connectivity index (χ0) is 13.9. The molecule has 0 rings (SSSR count). The van der Waals surface area contributed by atoms with Gasteiger partial charge in [-0.1, -0.05) is 0 Å². The Balaban J connectivity index is -0.0000000494. The molecule has 0 fully saturated rings. The molecule has 7 heteroatoms. The Bertz CT molecular complexity index is 133. The first-order valence-corrected chi connectivity index (χ1v) is 19.9. The quantitative estimate of drug-likeness (QED) is 0.201. The molecule has 0 aliphatic heterocycles. The summed E-state index contributed by atoms with van der Waals surface area (Å²) in [6, 6.07) is 0. The molecule has 0 saturated carbocycles. The summed E-state index contributed by atoms with van der Waals surface area (Å²) in [5, 5.41) is 9.02. The molecule has 2 unspecified atom stereocenters. The first-order valence-electron chi connectivity index (χ1n) is 5.03. The van der Waals surface area contributed by atoms with Crippen LogP contribution in [0, 0.1) is 14.1 Å². The van der Waals surface area contributed by atoms with Crippen molar-refractivity contribution in [1.82, 2.24) is 0 Å². The second-order valence-electron chi connectivity index (χ2n) is 4.96. The topological polar surface area (TPSA) is 20.2 Å². The summed E-state index contributed by atoms with van der Waals surface area (Å²) in [5.41, 5.74) is 0.528. The largest absolute Gasteiger partial charge is 2.00 e. The fourth-order valence-electron chi connectivity index (χ4n) is 0.482. The molecule has 0 heterocycles. The molecular formula is C11H30I2NiOP2V+2. The molecule has 0 radical (unpaired) electrons. The minimum absolute atomic E-state index is 0. The average Bonchev–Trinajstić information content (AvgIpc) is 2.00. The molecule has 0 aliphatic carbocycles. The fourth-order valence-corrected chi connectivity index (χ4v) is 1.45. The zero-order valence-electron chi connectivity index (χ0n) is 12.8. The second-order valence-corrected chi connectivity index (χ2v) is 24.4. The molecule has 117 valence electrons. The van der Waals surface area contributed by atoms with E-state index in [2.05, 4.69) is 86.9 Å². The molecule has 1 N–H and O–H groups in total. The van der Waals surface area contributed by atoms with Crippen molar-refractivity contribution in [2.75, 3.05) is 33.3 Å². The first-order chi connectivity index (χ1) is 6.97. The zero-order valence-corrected chi connectivity index (χ0v) is 21.4. The number of hydrogen-bond donors (Lipinski definition) is 1. The summed E-state index contributed by atoms with van der Waals surface area (Å²) >= 11 is 4.74. The third kappa shape index (κ3) is 50.6. The van der Waals surface area contributed by atoms with Gasteiger partial charge in [-0.2, -0.15) is 6.66 Å². The number of rotatable bonds is 2.